The molecule has 15 heavy (non-hydrogen) atoms. The molecule has 0 spiro atoms. The summed E-state index contributed by atoms with van der Waals surface area (Å²) in [5.74, 6) is 0.876. The fourth-order valence-corrected chi connectivity index (χ4v) is 1.80. The van der Waals surface area contributed by atoms with Gasteiger partial charge in [0.25, 0.3) is 0 Å². The summed E-state index contributed by atoms with van der Waals surface area (Å²) >= 11 is 0. The van der Waals surface area contributed by atoms with Gasteiger partial charge in [-0.2, -0.15) is 0 Å². The van der Waals surface area contributed by atoms with E-state index in [2.05, 4.69) is 28.4 Å². The molecule has 0 aromatic carbocycles. The number of rotatable bonds is 3. The smallest absolute Gasteiger partial charge is 0.121 e. The first kappa shape index (κ1) is 10.0. The maximum absolute atomic E-state index is 4.38. The largest absolute Gasteiger partial charge is 0.360 e. The molecule has 0 bridgehead atoms. The number of aryl methyl sites for hydroxylation is 1. The molecule has 3 nitrogen and oxygen atoms in total. The van der Waals surface area contributed by atoms with Crippen LogP contribution in [0.5, 0.6) is 0 Å². The molecular formula is C12H17N3. The van der Waals surface area contributed by atoms with Crippen LogP contribution in [0.1, 0.15) is 24.1 Å². The normalized spacial score (nSPS) is 16.5. The number of aromatic nitrogens is 1. The molecule has 0 atom stereocenters. The third-order valence-electron chi connectivity index (χ3n) is 2.81. The Hall–Kier alpha value is -1.51. The van der Waals surface area contributed by atoms with Gasteiger partial charge < -0.3 is 9.88 Å². The highest BCUT2D eigenvalue weighted by Crippen LogP contribution is 2.14. The quantitative estimate of drug-likeness (QED) is 0.751. The number of H-pyrrole nitrogens is 1. The first-order chi connectivity index (χ1) is 7.27. The Kier molecular flexibility index (Phi) is 2.90. The molecule has 0 saturated carbocycles. The Morgan fingerprint density at radius 2 is 2.27 bits per heavy atom. The molecule has 1 N–H and O–H groups in total. The van der Waals surface area contributed by atoms with Gasteiger partial charge in [0.2, 0.25) is 0 Å². The van der Waals surface area contributed by atoms with E-state index in [-0.39, 0.29) is 0 Å². The lowest BCUT2D eigenvalue weighted by molar-refractivity contribution is 0.425. The van der Waals surface area contributed by atoms with E-state index >= 15 is 0 Å². The average Bonchev–Trinajstić information content (AvgIpc) is 2.85. The molecule has 1 aliphatic heterocycles. The van der Waals surface area contributed by atoms with Crippen LogP contribution in [-0.4, -0.2) is 29.2 Å². The SMILES string of the molecule is C=C(/N=C\c1[nH]ccc1C)N1CCCC1. The summed E-state index contributed by atoms with van der Waals surface area (Å²) in [5, 5.41) is 0. The standard InChI is InChI=1S/C12H17N3/c1-10-5-6-13-12(10)9-14-11(2)15-7-3-4-8-15/h5-6,9,13H,2-4,7-8H2,1H3/b14-9-. The van der Waals surface area contributed by atoms with E-state index in [1.54, 1.807) is 0 Å². The molecule has 0 aliphatic carbocycles. The van der Waals surface area contributed by atoms with Gasteiger partial charge in [-0.1, -0.05) is 6.58 Å². The van der Waals surface area contributed by atoms with Gasteiger partial charge in [-0.25, -0.2) is 4.99 Å². The number of nitrogens with one attached hydrogen (secondary N) is 1. The first-order valence-corrected chi connectivity index (χ1v) is 5.39. The molecule has 1 fully saturated rings. The van der Waals surface area contributed by atoms with Gasteiger partial charge in [-0.15, -0.1) is 0 Å². The number of likely N-dealkylation sites (tertiary alicyclic amines) is 1. The van der Waals surface area contributed by atoms with E-state index in [1.807, 2.05) is 18.5 Å². The van der Waals surface area contributed by atoms with Gasteiger partial charge >= 0.3 is 0 Å². The Morgan fingerprint density at radius 1 is 1.53 bits per heavy atom. The second-order valence-corrected chi connectivity index (χ2v) is 3.94. The molecule has 0 unspecified atom stereocenters. The Bertz CT molecular complexity index is 370. The Balaban J connectivity index is 1.99. The lowest BCUT2D eigenvalue weighted by Gasteiger charge is -2.15. The van der Waals surface area contributed by atoms with Crippen molar-refractivity contribution < 1.29 is 0 Å². The van der Waals surface area contributed by atoms with Crippen LogP contribution in [0.3, 0.4) is 0 Å². The summed E-state index contributed by atoms with van der Waals surface area (Å²) in [6, 6.07) is 2.04. The van der Waals surface area contributed by atoms with Crippen molar-refractivity contribution in [1.82, 2.24) is 9.88 Å². The van der Waals surface area contributed by atoms with Gasteiger partial charge in [-0.3, -0.25) is 0 Å². The van der Waals surface area contributed by atoms with Crippen LogP contribution in [0.2, 0.25) is 0 Å². The van der Waals surface area contributed by atoms with Gasteiger partial charge in [0.05, 0.1) is 11.9 Å². The molecule has 80 valence electrons. The average molecular weight is 203 g/mol. The molecule has 1 aliphatic rings. The van der Waals surface area contributed by atoms with Crippen LogP contribution in [0.15, 0.2) is 29.7 Å². The second-order valence-electron chi connectivity index (χ2n) is 3.94. The molecule has 3 heteroatoms. The van der Waals surface area contributed by atoms with E-state index in [0.29, 0.717) is 0 Å². The van der Waals surface area contributed by atoms with Crippen molar-refractivity contribution in [1.29, 1.82) is 0 Å². The minimum absolute atomic E-state index is 0.876. The molecule has 1 aromatic rings. The van der Waals surface area contributed by atoms with E-state index in [9.17, 15) is 0 Å². The van der Waals surface area contributed by atoms with Crippen molar-refractivity contribution in [3.63, 3.8) is 0 Å². The molecule has 2 rings (SSSR count). The zero-order valence-corrected chi connectivity index (χ0v) is 9.16. The van der Waals surface area contributed by atoms with E-state index in [1.165, 1.54) is 18.4 Å². The zero-order chi connectivity index (χ0) is 10.7. The van der Waals surface area contributed by atoms with Crippen molar-refractivity contribution in [2.45, 2.75) is 19.8 Å². The highest BCUT2D eigenvalue weighted by atomic mass is 15.2. The van der Waals surface area contributed by atoms with Crippen LogP contribution in [0.25, 0.3) is 0 Å². The van der Waals surface area contributed by atoms with Crippen LogP contribution in [0.4, 0.5) is 0 Å². The van der Waals surface area contributed by atoms with Gasteiger partial charge in [0, 0.05) is 19.3 Å². The summed E-state index contributed by atoms with van der Waals surface area (Å²) in [4.78, 5) is 9.76. The molecular weight excluding hydrogens is 186 g/mol. The van der Waals surface area contributed by atoms with Crippen LogP contribution >= 0.6 is 0 Å². The highest BCUT2D eigenvalue weighted by molar-refractivity contribution is 5.79. The Morgan fingerprint density at radius 3 is 2.87 bits per heavy atom. The second kappa shape index (κ2) is 4.34. The third kappa shape index (κ3) is 2.29. The van der Waals surface area contributed by atoms with Gasteiger partial charge in [0.1, 0.15) is 5.82 Å². The van der Waals surface area contributed by atoms with Crippen LogP contribution < -0.4 is 0 Å². The van der Waals surface area contributed by atoms with Crippen molar-refractivity contribution >= 4 is 6.21 Å². The van der Waals surface area contributed by atoms with E-state index in [0.717, 1.165) is 24.6 Å². The topological polar surface area (TPSA) is 31.4 Å². The summed E-state index contributed by atoms with van der Waals surface area (Å²) in [6.07, 6.45) is 6.30. The van der Waals surface area contributed by atoms with Gasteiger partial charge in [-0.05, 0) is 31.4 Å². The number of hydrogen-bond donors (Lipinski definition) is 1. The van der Waals surface area contributed by atoms with Crippen LogP contribution in [-0.2, 0) is 0 Å². The lowest BCUT2D eigenvalue weighted by atomic mass is 10.3. The van der Waals surface area contributed by atoms with Crippen molar-refractivity contribution in [2.75, 3.05) is 13.1 Å². The van der Waals surface area contributed by atoms with Gasteiger partial charge in [0.15, 0.2) is 0 Å². The lowest BCUT2D eigenvalue weighted by Crippen LogP contribution is -2.16. The highest BCUT2D eigenvalue weighted by Gasteiger charge is 2.11. The summed E-state index contributed by atoms with van der Waals surface area (Å²) in [5.41, 5.74) is 2.28. The molecule has 0 amide bonds. The summed E-state index contributed by atoms with van der Waals surface area (Å²) in [7, 11) is 0. The first-order valence-electron chi connectivity index (χ1n) is 5.39. The number of aromatic amines is 1. The maximum atomic E-state index is 4.38. The summed E-state index contributed by atoms with van der Waals surface area (Å²) < 4.78 is 0. The monoisotopic (exact) mass is 203 g/mol. The number of nitrogens with zero attached hydrogens (tertiary/aromatic N) is 2. The number of hydrogen-bond acceptors (Lipinski definition) is 2. The van der Waals surface area contributed by atoms with E-state index < -0.39 is 0 Å². The van der Waals surface area contributed by atoms with Crippen molar-refractivity contribution in [3.05, 3.63) is 35.9 Å². The Labute approximate surface area is 90.5 Å². The maximum Gasteiger partial charge on any atom is 0.121 e. The molecule has 0 radical (unpaired) electrons. The van der Waals surface area contributed by atoms with E-state index in [4.69, 9.17) is 0 Å². The summed E-state index contributed by atoms with van der Waals surface area (Å²) in [6.45, 7) is 8.24. The predicted octanol–water partition coefficient (Wildman–Crippen LogP) is 2.31. The zero-order valence-electron chi connectivity index (χ0n) is 9.16. The van der Waals surface area contributed by atoms with Crippen molar-refractivity contribution in [2.24, 2.45) is 4.99 Å². The minimum atomic E-state index is 0.876. The fourth-order valence-electron chi connectivity index (χ4n) is 1.80. The number of aliphatic imine (C=N–C) groups is 1. The molecule has 2 heterocycles. The molecule has 1 aromatic heterocycles. The fraction of sp³-hybridized carbons (Fsp3) is 0.417. The van der Waals surface area contributed by atoms with Crippen LogP contribution in [0, 0.1) is 6.92 Å². The predicted molar refractivity (Wildman–Crippen MR) is 63.1 cm³/mol. The van der Waals surface area contributed by atoms with Crippen molar-refractivity contribution in [3.8, 4) is 0 Å². The molecule has 1 saturated heterocycles. The third-order valence-corrected chi connectivity index (χ3v) is 2.81. The minimum Gasteiger partial charge on any atom is -0.360 e.